The normalized spacial score (nSPS) is 21.1. The van der Waals surface area contributed by atoms with Gasteiger partial charge in [-0.15, -0.1) is 11.6 Å². The van der Waals surface area contributed by atoms with E-state index in [-0.39, 0.29) is 5.91 Å². The first kappa shape index (κ1) is 21.5. The molecule has 34 heavy (non-hydrogen) atoms. The van der Waals surface area contributed by atoms with Gasteiger partial charge in [-0.3, -0.25) is 9.89 Å². The highest BCUT2D eigenvalue weighted by Gasteiger charge is 2.59. The quantitative estimate of drug-likeness (QED) is 0.217. The SMILES string of the molecule is CC1(c2ccccc2)C(Cl)C(=O)N1n1c(CN2c3ccccc3Sc3ccccc32)n[nH]c1=S. The Bertz CT molecular complexity index is 1420. The minimum atomic E-state index is -0.760. The Balaban J connectivity index is 1.45. The van der Waals surface area contributed by atoms with E-state index >= 15 is 0 Å². The third-order valence-corrected chi connectivity index (χ3v) is 8.47. The van der Waals surface area contributed by atoms with Crippen LogP contribution in [0.5, 0.6) is 0 Å². The van der Waals surface area contributed by atoms with Crippen molar-refractivity contribution in [2.45, 2.75) is 34.2 Å². The number of amides is 1. The summed E-state index contributed by atoms with van der Waals surface area (Å²) < 4.78 is 2.05. The highest BCUT2D eigenvalue weighted by Crippen LogP contribution is 2.49. The van der Waals surface area contributed by atoms with E-state index in [2.05, 4.69) is 39.4 Å². The molecule has 0 radical (unpaired) electrons. The molecule has 2 aliphatic heterocycles. The molecule has 0 bridgehead atoms. The standard InChI is InChI=1S/C25H20ClN5OS2/c1-25(16-9-3-2-4-10-16)22(26)23(32)31(25)30-21(27-28-24(30)33)15-29-17-11-5-7-13-19(17)34-20-14-8-6-12-18(20)29/h2-14,22H,15H2,1H3,(H,28,33). The summed E-state index contributed by atoms with van der Waals surface area (Å²) in [5, 5.41) is 8.37. The summed E-state index contributed by atoms with van der Waals surface area (Å²) in [5.41, 5.74) is 2.35. The number of hydrogen-bond acceptors (Lipinski definition) is 5. The molecular weight excluding hydrogens is 486 g/mol. The zero-order valence-corrected chi connectivity index (χ0v) is 20.6. The van der Waals surface area contributed by atoms with Crippen molar-refractivity contribution in [3.05, 3.63) is 95.0 Å². The number of carbonyl (C=O) groups is 1. The molecule has 1 saturated heterocycles. The molecule has 3 aromatic carbocycles. The number of aromatic nitrogens is 3. The number of hydrogen-bond donors (Lipinski definition) is 1. The zero-order valence-electron chi connectivity index (χ0n) is 18.2. The van der Waals surface area contributed by atoms with Crippen molar-refractivity contribution in [1.82, 2.24) is 14.9 Å². The average Bonchev–Trinajstić information content (AvgIpc) is 3.23. The third kappa shape index (κ3) is 3.06. The van der Waals surface area contributed by atoms with E-state index in [1.165, 1.54) is 0 Å². The Hall–Kier alpha value is -3.07. The maximum absolute atomic E-state index is 13.1. The van der Waals surface area contributed by atoms with E-state index in [9.17, 15) is 4.79 Å². The van der Waals surface area contributed by atoms with E-state index in [4.69, 9.17) is 23.8 Å². The molecule has 6 nitrogen and oxygen atoms in total. The van der Waals surface area contributed by atoms with Gasteiger partial charge < -0.3 is 4.90 Å². The van der Waals surface area contributed by atoms with Gasteiger partial charge in [0.1, 0.15) is 10.9 Å². The Morgan fingerprint density at radius 3 is 2.24 bits per heavy atom. The van der Waals surface area contributed by atoms with Gasteiger partial charge in [0.05, 0.1) is 17.9 Å². The number of aromatic amines is 1. The van der Waals surface area contributed by atoms with Gasteiger partial charge in [-0.25, -0.2) is 9.69 Å². The fraction of sp³-hybridized carbons (Fsp3) is 0.160. The first-order valence-corrected chi connectivity index (χ1v) is 12.5. The molecule has 2 atom stereocenters. The fourth-order valence-corrected chi connectivity index (χ4v) is 6.33. The summed E-state index contributed by atoms with van der Waals surface area (Å²) >= 11 is 13.9. The van der Waals surface area contributed by atoms with E-state index in [0.717, 1.165) is 26.7 Å². The third-order valence-electron chi connectivity index (χ3n) is 6.47. The number of carbonyl (C=O) groups excluding carboxylic acids is 1. The maximum Gasteiger partial charge on any atom is 0.263 e. The molecule has 1 fully saturated rings. The van der Waals surface area contributed by atoms with Crippen molar-refractivity contribution in [2.75, 3.05) is 9.91 Å². The van der Waals surface area contributed by atoms with Gasteiger partial charge >= 0.3 is 0 Å². The topological polar surface area (TPSA) is 57.2 Å². The molecule has 0 aliphatic carbocycles. The molecule has 0 spiro atoms. The molecule has 0 saturated carbocycles. The number of nitrogens with zero attached hydrogens (tertiary/aromatic N) is 4. The largest absolute Gasteiger partial charge is 0.332 e. The second-order valence-corrected chi connectivity index (χ2v) is 10.3. The smallest absolute Gasteiger partial charge is 0.263 e. The lowest BCUT2D eigenvalue weighted by Gasteiger charge is -2.53. The lowest BCUT2D eigenvalue weighted by Crippen LogP contribution is -2.73. The lowest BCUT2D eigenvalue weighted by molar-refractivity contribution is -0.129. The van der Waals surface area contributed by atoms with Gasteiger partial charge in [-0.1, -0.05) is 66.4 Å². The Kier molecular flexibility index (Phi) is 5.05. The van der Waals surface area contributed by atoms with Gasteiger partial charge in [0.15, 0.2) is 5.82 Å². The number of anilines is 2. The van der Waals surface area contributed by atoms with Crippen LogP contribution in [0.4, 0.5) is 11.4 Å². The zero-order chi connectivity index (χ0) is 23.4. The summed E-state index contributed by atoms with van der Waals surface area (Å²) in [7, 11) is 0. The number of para-hydroxylation sites is 2. The predicted octanol–water partition coefficient (Wildman–Crippen LogP) is 5.74. The summed E-state index contributed by atoms with van der Waals surface area (Å²) in [6.07, 6.45) is 0. The molecule has 1 N–H and O–H groups in total. The second kappa shape index (κ2) is 8.01. The molecule has 4 aromatic rings. The Labute approximate surface area is 211 Å². The van der Waals surface area contributed by atoms with Crippen LogP contribution in [0.3, 0.4) is 0 Å². The Morgan fingerprint density at radius 2 is 1.59 bits per heavy atom. The number of halogens is 1. The number of benzene rings is 3. The highest BCUT2D eigenvalue weighted by molar-refractivity contribution is 7.99. The molecule has 2 unspecified atom stereocenters. The minimum absolute atomic E-state index is 0.207. The maximum atomic E-state index is 13.1. The van der Waals surface area contributed by atoms with Crippen LogP contribution >= 0.6 is 35.6 Å². The average molecular weight is 506 g/mol. The van der Waals surface area contributed by atoms with Crippen LogP contribution in [0.25, 0.3) is 0 Å². The molecule has 6 rings (SSSR count). The number of β-lactam (4-membered cyclic amide) rings is 1. The van der Waals surface area contributed by atoms with Gasteiger partial charge in [-0.05, 0) is 49.0 Å². The number of alkyl halides is 1. The van der Waals surface area contributed by atoms with Gasteiger partial charge in [0, 0.05) is 9.79 Å². The van der Waals surface area contributed by atoms with Crippen LogP contribution in [0.2, 0.25) is 0 Å². The van der Waals surface area contributed by atoms with Gasteiger partial charge in [-0.2, -0.15) is 5.10 Å². The molecule has 1 aromatic heterocycles. The number of rotatable bonds is 4. The predicted molar refractivity (Wildman–Crippen MR) is 137 cm³/mol. The lowest BCUT2D eigenvalue weighted by atomic mass is 9.80. The van der Waals surface area contributed by atoms with E-state index in [0.29, 0.717) is 17.1 Å². The van der Waals surface area contributed by atoms with Gasteiger partial charge in [0.2, 0.25) is 4.77 Å². The Morgan fingerprint density at radius 1 is 1.00 bits per heavy atom. The number of fused-ring (bicyclic) bond motifs is 2. The molecule has 170 valence electrons. The second-order valence-electron chi connectivity index (χ2n) is 8.41. The van der Waals surface area contributed by atoms with Crippen LogP contribution in [0.15, 0.2) is 88.7 Å². The number of H-pyrrole nitrogens is 1. The molecule has 3 heterocycles. The summed E-state index contributed by atoms with van der Waals surface area (Å²) in [5.74, 6) is 0.419. The van der Waals surface area contributed by atoms with Crippen molar-refractivity contribution in [1.29, 1.82) is 0 Å². The van der Waals surface area contributed by atoms with Crippen LogP contribution in [0, 0.1) is 4.77 Å². The number of nitrogens with one attached hydrogen (secondary N) is 1. The van der Waals surface area contributed by atoms with Crippen LogP contribution < -0.4 is 9.91 Å². The summed E-state index contributed by atoms with van der Waals surface area (Å²) in [6, 6.07) is 26.4. The first-order chi connectivity index (χ1) is 16.5. The summed E-state index contributed by atoms with van der Waals surface area (Å²) in [6.45, 7) is 2.38. The van der Waals surface area contributed by atoms with Crippen molar-refractivity contribution >= 4 is 52.9 Å². The van der Waals surface area contributed by atoms with Crippen molar-refractivity contribution < 1.29 is 4.79 Å². The first-order valence-electron chi connectivity index (χ1n) is 10.8. The van der Waals surface area contributed by atoms with Crippen molar-refractivity contribution in [3.63, 3.8) is 0 Å². The van der Waals surface area contributed by atoms with E-state index in [1.807, 2.05) is 61.5 Å². The molecule has 9 heteroatoms. The fourth-order valence-electron chi connectivity index (χ4n) is 4.69. The monoisotopic (exact) mass is 505 g/mol. The highest BCUT2D eigenvalue weighted by atomic mass is 35.5. The van der Waals surface area contributed by atoms with Crippen LogP contribution in [-0.2, 0) is 16.9 Å². The van der Waals surface area contributed by atoms with Crippen molar-refractivity contribution in [3.8, 4) is 0 Å². The minimum Gasteiger partial charge on any atom is -0.332 e. The molecule has 2 aliphatic rings. The van der Waals surface area contributed by atoms with Crippen LogP contribution in [0.1, 0.15) is 18.3 Å². The van der Waals surface area contributed by atoms with Crippen LogP contribution in [-0.4, -0.2) is 26.2 Å². The van der Waals surface area contributed by atoms with Crippen molar-refractivity contribution in [2.24, 2.45) is 0 Å². The van der Waals surface area contributed by atoms with Gasteiger partial charge in [0.25, 0.3) is 5.91 Å². The van der Waals surface area contributed by atoms with E-state index < -0.39 is 10.9 Å². The summed E-state index contributed by atoms with van der Waals surface area (Å²) in [4.78, 5) is 17.7. The molecule has 1 amide bonds. The molecular formula is C25H20ClN5OS2. The van der Waals surface area contributed by atoms with E-state index in [1.54, 1.807) is 21.4 Å².